The van der Waals surface area contributed by atoms with Gasteiger partial charge in [0.25, 0.3) is 0 Å². The van der Waals surface area contributed by atoms with Gasteiger partial charge in [-0.1, -0.05) is 60.1 Å². The van der Waals surface area contributed by atoms with Gasteiger partial charge >= 0.3 is 6.18 Å². The van der Waals surface area contributed by atoms with Crippen molar-refractivity contribution in [1.82, 2.24) is 15.8 Å². The van der Waals surface area contributed by atoms with Gasteiger partial charge in [0.15, 0.2) is 5.84 Å². The number of halogens is 4. The first kappa shape index (κ1) is 22.9. The number of nitrogens with one attached hydrogen (secondary N) is 2. The van der Waals surface area contributed by atoms with Gasteiger partial charge in [-0.2, -0.15) is 13.2 Å². The summed E-state index contributed by atoms with van der Waals surface area (Å²) in [5.74, 6) is -0.651. The van der Waals surface area contributed by atoms with E-state index >= 15 is 0 Å². The fraction of sp³-hybridized carbons (Fsp3) is 0.217. The zero-order valence-corrected chi connectivity index (χ0v) is 18.2. The highest BCUT2D eigenvalue weighted by atomic mass is 35.5. The summed E-state index contributed by atoms with van der Waals surface area (Å²) in [6.45, 7) is -0.761. The first-order chi connectivity index (χ1) is 15.7. The smallest absolute Gasteiger partial charge is 0.350 e. The van der Waals surface area contributed by atoms with Crippen molar-refractivity contribution in [3.05, 3.63) is 88.6 Å². The van der Waals surface area contributed by atoms with Crippen molar-refractivity contribution in [2.45, 2.75) is 18.3 Å². The Hall–Kier alpha value is -3.30. The van der Waals surface area contributed by atoms with Crippen LogP contribution in [0.25, 0.3) is 5.70 Å². The number of carbonyl (C=O) groups is 1. The van der Waals surface area contributed by atoms with E-state index in [1.54, 1.807) is 61.6 Å². The second-order valence-electron chi connectivity index (χ2n) is 7.45. The van der Waals surface area contributed by atoms with Crippen molar-refractivity contribution in [2.75, 3.05) is 13.7 Å². The number of hydrogen-bond acceptors (Lipinski definition) is 5. The highest BCUT2D eigenvalue weighted by Gasteiger charge is 2.62. The Labute approximate surface area is 193 Å². The quantitative estimate of drug-likeness (QED) is 0.660. The maximum atomic E-state index is 14.5. The lowest BCUT2D eigenvalue weighted by molar-refractivity contribution is -0.239. The Morgan fingerprint density at radius 2 is 1.88 bits per heavy atom. The van der Waals surface area contributed by atoms with E-state index in [2.05, 4.69) is 15.7 Å². The molecule has 1 unspecified atom stereocenters. The number of amides is 1. The third-order valence-electron chi connectivity index (χ3n) is 5.30. The lowest BCUT2D eigenvalue weighted by Crippen LogP contribution is -2.52. The van der Waals surface area contributed by atoms with E-state index < -0.39 is 24.3 Å². The van der Waals surface area contributed by atoms with Gasteiger partial charge in [-0.3, -0.25) is 15.2 Å². The molecule has 2 heterocycles. The summed E-state index contributed by atoms with van der Waals surface area (Å²) in [4.78, 5) is 16.5. The van der Waals surface area contributed by atoms with Crippen LogP contribution in [0, 0.1) is 0 Å². The SMILES string of the molecule is CN1NC(c2ccccc2)=C2C1=NC=CC2(OCC(=O)NCc1ccccc1Cl)C(F)(F)F. The number of benzene rings is 2. The molecule has 0 bridgehead atoms. The van der Waals surface area contributed by atoms with Gasteiger partial charge in [0.2, 0.25) is 11.5 Å². The van der Waals surface area contributed by atoms with Crippen LogP contribution in [0.4, 0.5) is 13.2 Å². The van der Waals surface area contributed by atoms with E-state index in [4.69, 9.17) is 16.3 Å². The van der Waals surface area contributed by atoms with Crippen LogP contribution in [0.3, 0.4) is 0 Å². The Balaban J connectivity index is 1.63. The molecule has 1 amide bonds. The Morgan fingerprint density at radius 3 is 2.58 bits per heavy atom. The van der Waals surface area contributed by atoms with Crippen LogP contribution in [0.5, 0.6) is 0 Å². The molecule has 0 fully saturated rings. The summed E-state index contributed by atoms with van der Waals surface area (Å²) in [5.41, 5.74) is 1.23. The van der Waals surface area contributed by atoms with Gasteiger partial charge in [-0.25, -0.2) is 4.99 Å². The number of carbonyl (C=O) groups excluding carboxylic acids is 1. The molecule has 0 saturated heterocycles. The lowest BCUT2D eigenvalue weighted by Gasteiger charge is -2.36. The van der Waals surface area contributed by atoms with E-state index in [0.717, 1.165) is 12.3 Å². The number of alkyl halides is 3. The maximum Gasteiger partial charge on any atom is 0.425 e. The summed E-state index contributed by atoms with van der Waals surface area (Å²) in [6, 6.07) is 15.4. The van der Waals surface area contributed by atoms with Crippen LogP contribution in [-0.4, -0.2) is 42.2 Å². The van der Waals surface area contributed by atoms with E-state index in [1.165, 1.54) is 5.01 Å². The number of nitrogens with zero attached hydrogens (tertiary/aromatic N) is 2. The van der Waals surface area contributed by atoms with Crippen molar-refractivity contribution >= 4 is 29.0 Å². The molecule has 4 rings (SSSR count). The van der Waals surface area contributed by atoms with E-state index in [9.17, 15) is 18.0 Å². The van der Waals surface area contributed by atoms with Crippen LogP contribution >= 0.6 is 11.6 Å². The summed E-state index contributed by atoms with van der Waals surface area (Å²) in [6.07, 6.45) is -2.99. The number of amidine groups is 1. The fourth-order valence-electron chi connectivity index (χ4n) is 3.67. The molecule has 0 aromatic heterocycles. The maximum absolute atomic E-state index is 14.5. The largest absolute Gasteiger partial charge is 0.425 e. The van der Waals surface area contributed by atoms with Crippen LogP contribution in [0.2, 0.25) is 5.02 Å². The molecule has 0 aliphatic carbocycles. The topological polar surface area (TPSA) is 66.0 Å². The number of likely N-dealkylation sites (N-methyl/N-ethyl adjacent to an activating group) is 1. The highest BCUT2D eigenvalue weighted by molar-refractivity contribution is 6.31. The Morgan fingerprint density at radius 1 is 1.18 bits per heavy atom. The standard InChI is InChI=1S/C23H20ClF3N4O2/c1-31-21-19(20(30-31)15-7-3-2-4-8-15)22(11-12-28-21,23(25,26)27)33-14-18(32)29-13-16-9-5-6-10-17(16)24/h2-12,30H,13-14H2,1H3,(H,29,32). The van der Waals surface area contributed by atoms with Crippen LogP contribution in [0.15, 0.2) is 77.4 Å². The van der Waals surface area contributed by atoms with E-state index in [0.29, 0.717) is 16.1 Å². The van der Waals surface area contributed by atoms with E-state index in [1.807, 2.05) is 0 Å². The molecular formula is C23H20ClF3N4O2. The minimum absolute atomic E-state index is 0.0603. The van der Waals surface area contributed by atoms with Crippen LogP contribution in [0.1, 0.15) is 11.1 Å². The number of ether oxygens (including phenoxy) is 1. The van der Waals surface area contributed by atoms with Gasteiger partial charge in [0.1, 0.15) is 6.61 Å². The molecule has 2 aliphatic rings. The van der Waals surface area contributed by atoms with Gasteiger partial charge < -0.3 is 10.1 Å². The van der Waals surface area contributed by atoms with E-state index in [-0.39, 0.29) is 23.7 Å². The lowest BCUT2D eigenvalue weighted by atomic mass is 9.87. The molecule has 6 nitrogen and oxygen atoms in total. The number of aliphatic imine (C=N–C) groups is 1. The normalized spacial score (nSPS) is 19.8. The minimum atomic E-state index is -4.87. The molecule has 2 aromatic rings. The molecule has 2 aliphatic heterocycles. The summed E-state index contributed by atoms with van der Waals surface area (Å²) in [7, 11) is 1.56. The molecule has 33 heavy (non-hydrogen) atoms. The van der Waals surface area contributed by atoms with Crippen molar-refractivity contribution in [3.63, 3.8) is 0 Å². The second-order valence-corrected chi connectivity index (χ2v) is 7.85. The van der Waals surface area contributed by atoms with Gasteiger partial charge in [0.05, 0.1) is 11.3 Å². The van der Waals surface area contributed by atoms with Crippen LogP contribution < -0.4 is 10.7 Å². The average molecular weight is 477 g/mol. The minimum Gasteiger partial charge on any atom is -0.350 e. The summed E-state index contributed by atoms with van der Waals surface area (Å²) >= 11 is 6.07. The molecule has 2 N–H and O–H groups in total. The molecule has 1 atom stereocenters. The third kappa shape index (κ3) is 4.34. The molecule has 2 aromatic carbocycles. The predicted octanol–water partition coefficient (Wildman–Crippen LogP) is 4.06. The van der Waals surface area contributed by atoms with Crippen molar-refractivity contribution < 1.29 is 22.7 Å². The molecule has 10 heteroatoms. The molecular weight excluding hydrogens is 457 g/mol. The summed E-state index contributed by atoms with van der Waals surface area (Å²) < 4.78 is 49.0. The molecule has 0 saturated carbocycles. The average Bonchev–Trinajstić information content (AvgIpc) is 3.14. The molecule has 172 valence electrons. The first-order valence-electron chi connectivity index (χ1n) is 10.00. The molecule has 0 radical (unpaired) electrons. The monoisotopic (exact) mass is 476 g/mol. The third-order valence-corrected chi connectivity index (χ3v) is 5.67. The first-order valence-corrected chi connectivity index (χ1v) is 10.4. The van der Waals surface area contributed by atoms with Crippen molar-refractivity contribution in [3.8, 4) is 0 Å². The molecule has 0 spiro atoms. The van der Waals surface area contributed by atoms with Gasteiger partial charge in [-0.15, -0.1) is 0 Å². The predicted molar refractivity (Wildman–Crippen MR) is 119 cm³/mol. The second kappa shape index (κ2) is 8.92. The Kier molecular flexibility index (Phi) is 6.18. The number of hydrogen-bond donors (Lipinski definition) is 2. The highest BCUT2D eigenvalue weighted by Crippen LogP contribution is 2.47. The van der Waals surface area contributed by atoms with Crippen molar-refractivity contribution in [2.24, 2.45) is 4.99 Å². The van der Waals surface area contributed by atoms with Gasteiger partial charge in [-0.05, 0) is 23.3 Å². The number of rotatable bonds is 6. The number of hydrazine groups is 1. The Bertz CT molecular complexity index is 1150. The van der Waals surface area contributed by atoms with Crippen LogP contribution in [-0.2, 0) is 16.1 Å². The zero-order valence-electron chi connectivity index (χ0n) is 17.5. The summed E-state index contributed by atoms with van der Waals surface area (Å²) in [5, 5.41) is 4.38. The number of fused-ring (bicyclic) bond motifs is 1. The fourth-order valence-corrected chi connectivity index (χ4v) is 3.88. The van der Waals surface area contributed by atoms with Gasteiger partial charge in [0, 0.05) is 24.8 Å². The zero-order chi connectivity index (χ0) is 23.6. The van der Waals surface area contributed by atoms with Crippen molar-refractivity contribution in [1.29, 1.82) is 0 Å².